The summed E-state index contributed by atoms with van der Waals surface area (Å²) in [6, 6.07) is 0.557. The van der Waals surface area contributed by atoms with E-state index in [0.29, 0.717) is 6.04 Å². The standard InChI is InChI=1S/C11H15N5/c1-2-4-8(5-3-1)15-10-9-6-14-16-11(9)13-7-12-10/h6-8H,1-5H2,(H2,12,13,14,15,16). The minimum atomic E-state index is 0.557. The largest absolute Gasteiger partial charge is 0.367 e. The second-order valence-electron chi connectivity index (χ2n) is 4.33. The number of nitrogens with one attached hydrogen (secondary N) is 2. The molecule has 0 atom stereocenters. The average molecular weight is 217 g/mol. The number of hydrogen-bond donors (Lipinski definition) is 2. The van der Waals surface area contributed by atoms with Crippen molar-refractivity contribution < 1.29 is 0 Å². The molecule has 0 aliphatic heterocycles. The van der Waals surface area contributed by atoms with Crippen molar-refractivity contribution in [2.75, 3.05) is 5.32 Å². The van der Waals surface area contributed by atoms with Crippen LogP contribution in [0.4, 0.5) is 5.82 Å². The van der Waals surface area contributed by atoms with Gasteiger partial charge in [-0.3, -0.25) is 5.10 Å². The van der Waals surface area contributed by atoms with Crippen molar-refractivity contribution in [2.45, 2.75) is 38.1 Å². The van der Waals surface area contributed by atoms with Gasteiger partial charge in [0, 0.05) is 6.04 Å². The fourth-order valence-corrected chi connectivity index (χ4v) is 2.32. The molecule has 0 aromatic carbocycles. The molecule has 2 aromatic heterocycles. The lowest BCUT2D eigenvalue weighted by atomic mass is 9.95. The molecule has 1 aliphatic carbocycles. The Morgan fingerprint density at radius 1 is 1.19 bits per heavy atom. The lowest BCUT2D eigenvalue weighted by molar-refractivity contribution is 0.462. The van der Waals surface area contributed by atoms with Gasteiger partial charge in [0.15, 0.2) is 5.65 Å². The van der Waals surface area contributed by atoms with Crippen LogP contribution in [0, 0.1) is 0 Å². The summed E-state index contributed by atoms with van der Waals surface area (Å²) in [5, 5.41) is 11.3. The normalized spacial score (nSPS) is 17.8. The van der Waals surface area contributed by atoms with E-state index >= 15 is 0 Å². The summed E-state index contributed by atoms with van der Waals surface area (Å²) in [7, 11) is 0. The summed E-state index contributed by atoms with van der Waals surface area (Å²) in [6.07, 6.45) is 9.83. The van der Waals surface area contributed by atoms with Crippen LogP contribution in [-0.2, 0) is 0 Å². The van der Waals surface area contributed by atoms with Gasteiger partial charge in [-0.05, 0) is 12.8 Å². The van der Waals surface area contributed by atoms with Crippen LogP contribution in [-0.4, -0.2) is 26.2 Å². The summed E-state index contributed by atoms with van der Waals surface area (Å²) >= 11 is 0. The highest BCUT2D eigenvalue weighted by Gasteiger charge is 2.15. The molecule has 0 bridgehead atoms. The second kappa shape index (κ2) is 4.08. The van der Waals surface area contributed by atoms with Gasteiger partial charge in [0.1, 0.15) is 12.1 Å². The molecule has 0 amide bonds. The molecule has 0 radical (unpaired) electrons. The van der Waals surface area contributed by atoms with E-state index in [9.17, 15) is 0 Å². The van der Waals surface area contributed by atoms with Crippen LogP contribution in [0.3, 0.4) is 0 Å². The lowest BCUT2D eigenvalue weighted by Crippen LogP contribution is -2.22. The maximum atomic E-state index is 4.29. The van der Waals surface area contributed by atoms with Gasteiger partial charge in [0.05, 0.1) is 11.6 Å². The van der Waals surface area contributed by atoms with Crippen molar-refractivity contribution in [3.63, 3.8) is 0 Å². The van der Waals surface area contributed by atoms with E-state index in [-0.39, 0.29) is 0 Å². The zero-order chi connectivity index (χ0) is 10.8. The van der Waals surface area contributed by atoms with Crippen LogP contribution < -0.4 is 5.32 Å². The molecular formula is C11H15N5. The second-order valence-corrected chi connectivity index (χ2v) is 4.33. The molecule has 5 nitrogen and oxygen atoms in total. The average Bonchev–Trinajstić information content (AvgIpc) is 2.80. The van der Waals surface area contributed by atoms with E-state index in [2.05, 4.69) is 25.5 Å². The highest BCUT2D eigenvalue weighted by Crippen LogP contribution is 2.23. The zero-order valence-electron chi connectivity index (χ0n) is 9.11. The Bertz CT molecular complexity index is 472. The van der Waals surface area contributed by atoms with Crippen molar-refractivity contribution in [3.8, 4) is 0 Å². The number of aromatic nitrogens is 4. The van der Waals surface area contributed by atoms with Gasteiger partial charge in [-0.15, -0.1) is 0 Å². The number of hydrogen-bond acceptors (Lipinski definition) is 4. The SMILES string of the molecule is c1nc(NC2CCCCC2)c2cn[nH]c2n1. The first-order valence-electron chi connectivity index (χ1n) is 5.84. The number of H-pyrrole nitrogens is 1. The zero-order valence-corrected chi connectivity index (χ0v) is 9.11. The smallest absolute Gasteiger partial charge is 0.160 e. The molecule has 84 valence electrons. The van der Waals surface area contributed by atoms with E-state index in [1.165, 1.54) is 32.1 Å². The Morgan fingerprint density at radius 3 is 2.94 bits per heavy atom. The van der Waals surface area contributed by atoms with Gasteiger partial charge in [-0.2, -0.15) is 5.10 Å². The van der Waals surface area contributed by atoms with Crippen molar-refractivity contribution >= 4 is 16.9 Å². The van der Waals surface area contributed by atoms with Gasteiger partial charge in [-0.25, -0.2) is 9.97 Å². The van der Waals surface area contributed by atoms with E-state index in [0.717, 1.165) is 16.9 Å². The molecule has 3 rings (SSSR count). The topological polar surface area (TPSA) is 66.5 Å². The molecule has 1 saturated carbocycles. The van der Waals surface area contributed by atoms with E-state index in [4.69, 9.17) is 0 Å². The maximum absolute atomic E-state index is 4.29. The monoisotopic (exact) mass is 217 g/mol. The molecule has 0 unspecified atom stereocenters. The Balaban J connectivity index is 1.85. The van der Waals surface area contributed by atoms with Crippen molar-refractivity contribution in [1.29, 1.82) is 0 Å². The Morgan fingerprint density at radius 2 is 2.06 bits per heavy atom. The maximum Gasteiger partial charge on any atom is 0.160 e. The fraction of sp³-hybridized carbons (Fsp3) is 0.545. The van der Waals surface area contributed by atoms with Gasteiger partial charge in [-0.1, -0.05) is 19.3 Å². The molecule has 2 N–H and O–H groups in total. The highest BCUT2D eigenvalue weighted by atomic mass is 15.2. The summed E-state index contributed by atoms with van der Waals surface area (Å²) in [5.41, 5.74) is 0.799. The number of anilines is 1. The molecule has 1 fully saturated rings. The molecule has 5 heteroatoms. The van der Waals surface area contributed by atoms with Crippen LogP contribution in [0.25, 0.3) is 11.0 Å². The van der Waals surface area contributed by atoms with Crippen LogP contribution in [0.15, 0.2) is 12.5 Å². The van der Waals surface area contributed by atoms with E-state index in [1.54, 1.807) is 12.5 Å². The number of aromatic amines is 1. The fourth-order valence-electron chi connectivity index (χ4n) is 2.32. The van der Waals surface area contributed by atoms with Crippen LogP contribution >= 0.6 is 0 Å². The first-order valence-corrected chi connectivity index (χ1v) is 5.84. The molecular weight excluding hydrogens is 202 g/mol. The Labute approximate surface area is 93.7 Å². The third-order valence-corrected chi connectivity index (χ3v) is 3.19. The van der Waals surface area contributed by atoms with Gasteiger partial charge < -0.3 is 5.32 Å². The van der Waals surface area contributed by atoms with Crippen LogP contribution in [0.5, 0.6) is 0 Å². The van der Waals surface area contributed by atoms with Crippen molar-refractivity contribution in [3.05, 3.63) is 12.5 Å². The van der Waals surface area contributed by atoms with Crippen LogP contribution in [0.2, 0.25) is 0 Å². The number of rotatable bonds is 2. The minimum absolute atomic E-state index is 0.557. The predicted octanol–water partition coefficient (Wildman–Crippen LogP) is 2.10. The first kappa shape index (κ1) is 9.57. The van der Waals surface area contributed by atoms with Gasteiger partial charge in [0.2, 0.25) is 0 Å². The number of nitrogens with zero attached hydrogens (tertiary/aromatic N) is 3. The molecule has 1 aliphatic rings. The first-order chi connectivity index (χ1) is 7.93. The Hall–Kier alpha value is -1.65. The lowest BCUT2D eigenvalue weighted by Gasteiger charge is -2.23. The molecule has 2 heterocycles. The van der Waals surface area contributed by atoms with Gasteiger partial charge in [0.25, 0.3) is 0 Å². The van der Waals surface area contributed by atoms with Gasteiger partial charge >= 0.3 is 0 Å². The molecule has 0 spiro atoms. The predicted molar refractivity (Wildman–Crippen MR) is 62.2 cm³/mol. The number of fused-ring (bicyclic) bond motifs is 1. The summed E-state index contributed by atoms with van der Waals surface area (Å²) < 4.78 is 0. The third-order valence-electron chi connectivity index (χ3n) is 3.19. The third kappa shape index (κ3) is 1.73. The molecule has 16 heavy (non-hydrogen) atoms. The summed E-state index contributed by atoms with van der Waals surface area (Å²) in [6.45, 7) is 0. The minimum Gasteiger partial charge on any atom is -0.367 e. The van der Waals surface area contributed by atoms with Crippen molar-refractivity contribution in [2.24, 2.45) is 0 Å². The Kier molecular flexibility index (Phi) is 2.44. The van der Waals surface area contributed by atoms with Crippen LogP contribution in [0.1, 0.15) is 32.1 Å². The molecule has 0 saturated heterocycles. The quantitative estimate of drug-likeness (QED) is 0.808. The van der Waals surface area contributed by atoms with Crippen molar-refractivity contribution in [1.82, 2.24) is 20.2 Å². The van der Waals surface area contributed by atoms with E-state index in [1.807, 2.05) is 0 Å². The molecule has 2 aromatic rings. The summed E-state index contributed by atoms with van der Waals surface area (Å²) in [5.74, 6) is 0.908. The highest BCUT2D eigenvalue weighted by molar-refractivity contribution is 5.85. The van der Waals surface area contributed by atoms with E-state index < -0.39 is 0 Å². The summed E-state index contributed by atoms with van der Waals surface area (Å²) in [4.78, 5) is 8.42.